The van der Waals surface area contributed by atoms with Crippen LogP contribution in [0.2, 0.25) is 0 Å². The zero-order valence-electron chi connectivity index (χ0n) is 12.1. The van der Waals surface area contributed by atoms with Crippen molar-refractivity contribution in [3.63, 3.8) is 0 Å². The lowest BCUT2D eigenvalue weighted by atomic mass is 10.2. The standard InChI is InChI=1S/C14H16N4OS2/c1-4-20-11-6-5-7-12(10(11)8-15)21-14-17-16-13(19)18(14)9(2)3/h5-7,9H,4H2,1-3H3,(H,16,19). The van der Waals surface area contributed by atoms with Gasteiger partial charge in [0.15, 0.2) is 5.16 Å². The molecule has 0 aliphatic rings. The van der Waals surface area contributed by atoms with Gasteiger partial charge in [0.05, 0.1) is 5.56 Å². The minimum absolute atomic E-state index is 0.0116. The molecule has 2 aromatic rings. The van der Waals surface area contributed by atoms with E-state index in [2.05, 4.69) is 23.2 Å². The number of nitrogens with zero attached hydrogens (tertiary/aromatic N) is 3. The van der Waals surface area contributed by atoms with Crippen LogP contribution in [0.4, 0.5) is 0 Å². The Morgan fingerprint density at radius 2 is 2.14 bits per heavy atom. The second-order valence-electron chi connectivity index (χ2n) is 4.55. The first-order valence-electron chi connectivity index (χ1n) is 6.59. The van der Waals surface area contributed by atoms with E-state index in [1.54, 1.807) is 16.3 Å². The molecule has 0 aliphatic carbocycles. The average molecular weight is 320 g/mol. The van der Waals surface area contributed by atoms with Gasteiger partial charge < -0.3 is 0 Å². The lowest BCUT2D eigenvalue weighted by molar-refractivity contribution is 0.534. The minimum atomic E-state index is -0.231. The molecule has 0 atom stereocenters. The van der Waals surface area contributed by atoms with Crippen molar-refractivity contribution in [3.8, 4) is 6.07 Å². The first-order chi connectivity index (χ1) is 10.1. The summed E-state index contributed by atoms with van der Waals surface area (Å²) in [5.74, 6) is 0.905. The highest BCUT2D eigenvalue weighted by Gasteiger charge is 2.16. The number of aromatic nitrogens is 3. The second-order valence-corrected chi connectivity index (χ2v) is 6.87. The number of hydrogen-bond donors (Lipinski definition) is 1. The molecular weight excluding hydrogens is 304 g/mol. The SMILES string of the molecule is CCSc1cccc(Sc2n[nH]c(=O)n2C(C)C)c1C#N. The Morgan fingerprint density at radius 1 is 1.43 bits per heavy atom. The van der Waals surface area contributed by atoms with Crippen LogP contribution in [0.1, 0.15) is 32.4 Å². The summed E-state index contributed by atoms with van der Waals surface area (Å²) in [6.45, 7) is 5.90. The van der Waals surface area contributed by atoms with E-state index in [9.17, 15) is 10.1 Å². The molecule has 0 radical (unpaired) electrons. The van der Waals surface area contributed by atoms with E-state index in [-0.39, 0.29) is 11.7 Å². The first-order valence-corrected chi connectivity index (χ1v) is 8.39. The summed E-state index contributed by atoms with van der Waals surface area (Å²) in [4.78, 5) is 13.5. The van der Waals surface area contributed by atoms with Gasteiger partial charge in [-0.05, 0) is 43.5 Å². The third kappa shape index (κ3) is 3.34. The van der Waals surface area contributed by atoms with Crippen LogP contribution in [-0.2, 0) is 0 Å². The van der Waals surface area contributed by atoms with Crippen molar-refractivity contribution in [1.82, 2.24) is 14.8 Å². The maximum absolute atomic E-state index is 11.8. The maximum Gasteiger partial charge on any atom is 0.344 e. The van der Waals surface area contributed by atoms with Gasteiger partial charge in [-0.3, -0.25) is 4.57 Å². The van der Waals surface area contributed by atoms with Gasteiger partial charge in [0.25, 0.3) is 0 Å². The summed E-state index contributed by atoms with van der Waals surface area (Å²) >= 11 is 2.97. The van der Waals surface area contributed by atoms with Crippen molar-refractivity contribution < 1.29 is 0 Å². The van der Waals surface area contributed by atoms with Gasteiger partial charge in [0.1, 0.15) is 6.07 Å². The van der Waals surface area contributed by atoms with E-state index in [4.69, 9.17) is 0 Å². The van der Waals surface area contributed by atoms with E-state index in [0.717, 1.165) is 15.5 Å². The molecule has 0 fully saturated rings. The van der Waals surface area contributed by atoms with Gasteiger partial charge >= 0.3 is 5.69 Å². The number of nitrogens with one attached hydrogen (secondary N) is 1. The fourth-order valence-electron chi connectivity index (χ4n) is 1.90. The predicted octanol–water partition coefficient (Wildman–Crippen LogP) is 3.29. The van der Waals surface area contributed by atoms with Gasteiger partial charge in [-0.25, -0.2) is 9.89 Å². The summed E-state index contributed by atoms with van der Waals surface area (Å²) in [6.07, 6.45) is 0. The fraction of sp³-hybridized carbons (Fsp3) is 0.357. The minimum Gasteiger partial charge on any atom is -0.267 e. The second kappa shape index (κ2) is 6.87. The zero-order chi connectivity index (χ0) is 15.4. The summed E-state index contributed by atoms with van der Waals surface area (Å²) in [5.41, 5.74) is 0.408. The number of H-pyrrole nitrogens is 1. The predicted molar refractivity (Wildman–Crippen MR) is 84.9 cm³/mol. The number of thioether (sulfide) groups is 1. The van der Waals surface area contributed by atoms with Crippen LogP contribution in [0.5, 0.6) is 0 Å². The van der Waals surface area contributed by atoms with Crippen molar-refractivity contribution in [2.24, 2.45) is 0 Å². The highest BCUT2D eigenvalue weighted by molar-refractivity contribution is 8.00. The van der Waals surface area contributed by atoms with Crippen molar-refractivity contribution in [1.29, 1.82) is 5.26 Å². The molecule has 0 spiro atoms. The molecule has 7 heteroatoms. The van der Waals surface area contributed by atoms with Crippen molar-refractivity contribution in [2.75, 3.05) is 5.75 Å². The Bertz CT molecular complexity index is 727. The quantitative estimate of drug-likeness (QED) is 0.856. The highest BCUT2D eigenvalue weighted by atomic mass is 32.2. The van der Waals surface area contributed by atoms with E-state index in [1.165, 1.54) is 11.8 Å². The molecule has 2 rings (SSSR count). The van der Waals surface area contributed by atoms with E-state index < -0.39 is 0 Å². The van der Waals surface area contributed by atoms with E-state index >= 15 is 0 Å². The largest absolute Gasteiger partial charge is 0.344 e. The Balaban J connectivity index is 2.43. The van der Waals surface area contributed by atoms with Crippen molar-refractivity contribution in [3.05, 3.63) is 34.2 Å². The molecule has 1 aromatic heterocycles. The molecule has 0 saturated heterocycles. The Labute approximate surface area is 131 Å². The van der Waals surface area contributed by atoms with Crippen LogP contribution < -0.4 is 5.69 Å². The van der Waals surface area contributed by atoms with Gasteiger partial charge in [-0.1, -0.05) is 13.0 Å². The summed E-state index contributed by atoms with van der Waals surface area (Å²) in [7, 11) is 0. The van der Waals surface area contributed by atoms with Gasteiger partial charge in [0, 0.05) is 15.8 Å². The Morgan fingerprint density at radius 3 is 2.76 bits per heavy atom. The molecule has 1 heterocycles. The molecule has 5 nitrogen and oxygen atoms in total. The monoisotopic (exact) mass is 320 g/mol. The smallest absolute Gasteiger partial charge is 0.267 e. The Kier molecular flexibility index (Phi) is 5.15. The van der Waals surface area contributed by atoms with Crippen LogP contribution in [0.25, 0.3) is 0 Å². The first kappa shape index (κ1) is 15.7. The average Bonchev–Trinajstić information content (AvgIpc) is 2.80. The highest BCUT2D eigenvalue weighted by Crippen LogP contribution is 2.34. The fourth-order valence-corrected chi connectivity index (χ4v) is 3.83. The number of aromatic amines is 1. The van der Waals surface area contributed by atoms with Crippen LogP contribution in [0.3, 0.4) is 0 Å². The number of benzene rings is 1. The van der Waals surface area contributed by atoms with Crippen LogP contribution in [0, 0.1) is 11.3 Å². The lowest BCUT2D eigenvalue weighted by Crippen LogP contribution is -2.19. The summed E-state index contributed by atoms with van der Waals surface area (Å²) in [6, 6.07) is 8.01. The molecule has 110 valence electrons. The van der Waals surface area contributed by atoms with Crippen molar-refractivity contribution >= 4 is 23.5 Å². The molecule has 0 amide bonds. The van der Waals surface area contributed by atoms with E-state index in [0.29, 0.717) is 10.7 Å². The number of hydrogen-bond acceptors (Lipinski definition) is 5. The third-order valence-corrected chi connectivity index (χ3v) is 4.76. The molecule has 0 saturated carbocycles. The van der Waals surface area contributed by atoms with Crippen LogP contribution in [-0.4, -0.2) is 20.5 Å². The molecular formula is C14H16N4OS2. The Hall–Kier alpha value is -1.65. The van der Waals surface area contributed by atoms with E-state index in [1.807, 2.05) is 32.0 Å². The normalized spacial score (nSPS) is 10.8. The van der Waals surface area contributed by atoms with Gasteiger partial charge in [-0.2, -0.15) is 5.26 Å². The third-order valence-electron chi connectivity index (χ3n) is 2.79. The molecule has 1 aromatic carbocycles. The maximum atomic E-state index is 11.8. The lowest BCUT2D eigenvalue weighted by Gasteiger charge is -2.10. The molecule has 21 heavy (non-hydrogen) atoms. The number of nitriles is 1. The topological polar surface area (TPSA) is 74.5 Å². The van der Waals surface area contributed by atoms with Gasteiger partial charge in [-0.15, -0.1) is 16.9 Å². The van der Waals surface area contributed by atoms with Crippen LogP contribution in [0.15, 0.2) is 37.9 Å². The van der Waals surface area contributed by atoms with Gasteiger partial charge in [0.2, 0.25) is 0 Å². The summed E-state index contributed by atoms with van der Waals surface area (Å²) < 4.78 is 1.59. The molecule has 0 aliphatic heterocycles. The zero-order valence-corrected chi connectivity index (χ0v) is 13.7. The number of rotatable bonds is 5. The molecule has 0 unspecified atom stereocenters. The molecule has 0 bridgehead atoms. The van der Waals surface area contributed by atoms with Crippen LogP contribution >= 0.6 is 23.5 Å². The molecule has 1 N–H and O–H groups in total. The summed E-state index contributed by atoms with van der Waals surface area (Å²) in [5, 5.41) is 16.5. The van der Waals surface area contributed by atoms with Crippen molar-refractivity contribution in [2.45, 2.75) is 41.8 Å².